The summed E-state index contributed by atoms with van der Waals surface area (Å²) in [6.07, 6.45) is 0. The molecular weight excluding hydrogens is 382 g/mol. The Hall–Kier alpha value is -3.98. The summed E-state index contributed by atoms with van der Waals surface area (Å²) in [6.45, 7) is 0. The van der Waals surface area contributed by atoms with E-state index in [2.05, 4.69) is 0 Å². The van der Waals surface area contributed by atoms with E-state index < -0.39 is 5.41 Å². The van der Waals surface area contributed by atoms with Gasteiger partial charge in [-0.05, 0) is 41.5 Å². The number of aliphatic imine (C=N–C) groups is 1. The fourth-order valence-corrected chi connectivity index (χ4v) is 4.40. The Kier molecular flexibility index (Phi) is 4.72. The summed E-state index contributed by atoms with van der Waals surface area (Å²) < 4.78 is 5.34. The van der Waals surface area contributed by atoms with Gasteiger partial charge in [-0.3, -0.25) is 9.79 Å². The Balaban J connectivity index is 1.83. The van der Waals surface area contributed by atoms with Crippen LogP contribution in [0.15, 0.2) is 114 Å². The molecule has 0 aliphatic carbocycles. The zero-order chi connectivity index (χ0) is 21.3. The maximum atomic E-state index is 14.3. The van der Waals surface area contributed by atoms with Crippen molar-refractivity contribution in [1.29, 1.82) is 0 Å². The van der Waals surface area contributed by atoms with Crippen molar-refractivity contribution in [2.75, 3.05) is 7.11 Å². The van der Waals surface area contributed by atoms with Crippen LogP contribution in [0.4, 0.5) is 5.69 Å². The number of ether oxygens (including phenoxy) is 1. The van der Waals surface area contributed by atoms with E-state index in [1.165, 1.54) is 0 Å². The van der Waals surface area contributed by atoms with Crippen LogP contribution in [-0.4, -0.2) is 18.6 Å². The molecule has 0 amide bonds. The number of rotatable bonds is 5. The van der Waals surface area contributed by atoms with Gasteiger partial charge in [-0.15, -0.1) is 0 Å². The third-order valence-electron chi connectivity index (χ3n) is 5.84. The van der Waals surface area contributed by atoms with E-state index in [0.717, 1.165) is 33.8 Å². The number of Topliss-reactive ketones (excluding diaryl/α,β-unsaturated/α-hetero) is 1. The number of hydrogen-bond acceptors (Lipinski definition) is 3. The van der Waals surface area contributed by atoms with E-state index in [0.29, 0.717) is 5.56 Å². The second-order valence-electron chi connectivity index (χ2n) is 7.52. The Bertz CT molecular complexity index is 1260. The molecule has 1 heterocycles. The average molecular weight is 403 g/mol. The number of methoxy groups -OCH3 is 1. The molecule has 1 aliphatic rings. The second-order valence-corrected chi connectivity index (χ2v) is 7.52. The fraction of sp³-hybridized carbons (Fsp3) is 0.0714. The first kappa shape index (κ1) is 19.0. The van der Waals surface area contributed by atoms with Crippen molar-refractivity contribution in [1.82, 2.24) is 0 Å². The first-order valence-corrected chi connectivity index (χ1v) is 10.2. The SMILES string of the molecule is COc1ccc(C2=Nc3ccccc3C2(C(=O)c2ccccc2)c2ccccc2)cc1. The Morgan fingerprint density at radius 3 is 2.03 bits per heavy atom. The quantitative estimate of drug-likeness (QED) is 0.384. The topological polar surface area (TPSA) is 38.7 Å². The first-order valence-electron chi connectivity index (χ1n) is 10.2. The number of benzene rings is 4. The molecule has 0 radical (unpaired) electrons. The van der Waals surface area contributed by atoms with Gasteiger partial charge in [-0.1, -0.05) is 78.9 Å². The number of carbonyl (C=O) groups excluding carboxylic acids is 1. The van der Waals surface area contributed by atoms with Crippen LogP contribution in [0, 0.1) is 0 Å². The molecule has 0 bridgehead atoms. The minimum absolute atomic E-state index is 0.0128. The summed E-state index contributed by atoms with van der Waals surface area (Å²) in [5.74, 6) is 0.776. The van der Waals surface area contributed by atoms with Crippen LogP contribution in [-0.2, 0) is 5.41 Å². The largest absolute Gasteiger partial charge is 0.497 e. The van der Waals surface area contributed by atoms with Crippen LogP contribution in [0.1, 0.15) is 27.0 Å². The number of para-hydroxylation sites is 1. The zero-order valence-electron chi connectivity index (χ0n) is 17.2. The lowest BCUT2D eigenvalue weighted by molar-refractivity contribution is 0.0950. The number of carbonyl (C=O) groups is 1. The van der Waals surface area contributed by atoms with Crippen molar-refractivity contribution < 1.29 is 9.53 Å². The van der Waals surface area contributed by atoms with Gasteiger partial charge >= 0.3 is 0 Å². The lowest BCUT2D eigenvalue weighted by Crippen LogP contribution is -2.43. The van der Waals surface area contributed by atoms with E-state index in [4.69, 9.17) is 9.73 Å². The average Bonchev–Trinajstić information content (AvgIpc) is 3.21. The summed E-state index contributed by atoms with van der Waals surface area (Å²) in [7, 11) is 1.64. The highest BCUT2D eigenvalue weighted by molar-refractivity contribution is 6.31. The van der Waals surface area contributed by atoms with Crippen molar-refractivity contribution in [3.63, 3.8) is 0 Å². The van der Waals surface area contributed by atoms with Crippen LogP contribution in [0.25, 0.3) is 0 Å². The van der Waals surface area contributed by atoms with Gasteiger partial charge in [0.15, 0.2) is 5.78 Å². The van der Waals surface area contributed by atoms with E-state index >= 15 is 0 Å². The molecule has 1 atom stereocenters. The van der Waals surface area contributed by atoms with Crippen LogP contribution in [0.5, 0.6) is 5.75 Å². The molecule has 1 aliphatic heterocycles. The summed E-state index contributed by atoms with van der Waals surface area (Å²) in [5, 5.41) is 0. The molecule has 0 N–H and O–H groups in total. The molecule has 31 heavy (non-hydrogen) atoms. The van der Waals surface area contributed by atoms with Crippen LogP contribution >= 0.6 is 0 Å². The third kappa shape index (κ3) is 2.98. The highest BCUT2D eigenvalue weighted by Gasteiger charge is 2.51. The summed E-state index contributed by atoms with van der Waals surface area (Å²) >= 11 is 0. The maximum absolute atomic E-state index is 14.3. The number of nitrogens with zero attached hydrogens (tertiary/aromatic N) is 1. The van der Waals surface area contributed by atoms with Crippen LogP contribution < -0.4 is 4.74 Å². The predicted molar refractivity (Wildman–Crippen MR) is 124 cm³/mol. The molecule has 0 aromatic heterocycles. The Morgan fingerprint density at radius 2 is 1.35 bits per heavy atom. The molecule has 5 rings (SSSR count). The van der Waals surface area contributed by atoms with Gasteiger partial charge in [0.2, 0.25) is 0 Å². The van der Waals surface area contributed by atoms with Gasteiger partial charge in [0.25, 0.3) is 0 Å². The monoisotopic (exact) mass is 403 g/mol. The van der Waals surface area contributed by atoms with Gasteiger partial charge in [-0.25, -0.2) is 0 Å². The minimum atomic E-state index is -1.03. The van der Waals surface area contributed by atoms with E-state index in [9.17, 15) is 4.79 Å². The molecule has 3 nitrogen and oxygen atoms in total. The molecule has 3 heteroatoms. The van der Waals surface area contributed by atoms with E-state index in [-0.39, 0.29) is 5.78 Å². The lowest BCUT2D eigenvalue weighted by atomic mass is 9.66. The van der Waals surface area contributed by atoms with Gasteiger partial charge in [0.05, 0.1) is 18.5 Å². The fourth-order valence-electron chi connectivity index (χ4n) is 4.40. The molecule has 0 fully saturated rings. The lowest BCUT2D eigenvalue weighted by Gasteiger charge is -2.32. The molecule has 150 valence electrons. The second kappa shape index (κ2) is 7.69. The van der Waals surface area contributed by atoms with Crippen molar-refractivity contribution >= 4 is 17.2 Å². The standard InChI is InChI=1S/C28H21NO2/c1-31-23-18-16-20(17-19-23)26-28(22-12-6-3-7-13-22,24-14-8-9-15-25(24)29-26)27(30)21-10-4-2-5-11-21/h2-19H,1H3. The highest BCUT2D eigenvalue weighted by Crippen LogP contribution is 2.48. The molecule has 0 spiro atoms. The maximum Gasteiger partial charge on any atom is 0.183 e. The van der Waals surface area contributed by atoms with Gasteiger partial charge in [0, 0.05) is 11.1 Å². The minimum Gasteiger partial charge on any atom is -0.497 e. The van der Waals surface area contributed by atoms with Crippen molar-refractivity contribution in [3.8, 4) is 5.75 Å². The summed E-state index contributed by atoms with van der Waals surface area (Å²) in [4.78, 5) is 19.3. The van der Waals surface area contributed by atoms with Gasteiger partial charge < -0.3 is 4.74 Å². The van der Waals surface area contributed by atoms with Crippen molar-refractivity contribution in [3.05, 3.63) is 131 Å². The summed E-state index contributed by atoms with van der Waals surface area (Å²) in [5.41, 5.74) is 3.88. The molecule has 0 saturated heterocycles. The van der Waals surface area contributed by atoms with Gasteiger partial charge in [0.1, 0.15) is 11.2 Å². The Morgan fingerprint density at radius 1 is 0.742 bits per heavy atom. The molecule has 4 aromatic rings. The zero-order valence-corrected chi connectivity index (χ0v) is 17.2. The van der Waals surface area contributed by atoms with Gasteiger partial charge in [-0.2, -0.15) is 0 Å². The van der Waals surface area contributed by atoms with Crippen molar-refractivity contribution in [2.45, 2.75) is 5.41 Å². The van der Waals surface area contributed by atoms with Crippen LogP contribution in [0.2, 0.25) is 0 Å². The number of hydrogen-bond donors (Lipinski definition) is 0. The van der Waals surface area contributed by atoms with E-state index in [1.54, 1.807) is 7.11 Å². The molecular formula is C28H21NO2. The summed E-state index contributed by atoms with van der Waals surface area (Å²) in [6, 6.07) is 35.1. The molecule has 4 aromatic carbocycles. The number of ketones is 1. The predicted octanol–water partition coefficient (Wildman–Crippen LogP) is 6.00. The molecule has 1 unspecified atom stereocenters. The normalized spacial score (nSPS) is 17.0. The van der Waals surface area contributed by atoms with Crippen molar-refractivity contribution in [2.24, 2.45) is 4.99 Å². The van der Waals surface area contributed by atoms with E-state index in [1.807, 2.05) is 109 Å². The highest BCUT2D eigenvalue weighted by atomic mass is 16.5. The first-order chi connectivity index (χ1) is 15.2. The smallest absolute Gasteiger partial charge is 0.183 e. The Labute approximate surface area is 181 Å². The number of fused-ring (bicyclic) bond motifs is 1. The third-order valence-corrected chi connectivity index (χ3v) is 5.84. The van der Waals surface area contributed by atoms with Crippen LogP contribution in [0.3, 0.4) is 0 Å². The molecule has 0 saturated carbocycles.